The molecule has 26 heavy (non-hydrogen) atoms. The molecule has 0 radical (unpaired) electrons. The number of benzene rings is 1. The third-order valence-electron chi connectivity index (χ3n) is 5.32. The van der Waals surface area contributed by atoms with Gasteiger partial charge in [0.25, 0.3) is 0 Å². The number of nitrogens with zero attached hydrogens (tertiary/aromatic N) is 3. The molecule has 1 saturated carbocycles. The van der Waals surface area contributed by atoms with Crippen LogP contribution < -0.4 is 9.80 Å². The van der Waals surface area contributed by atoms with Crippen LogP contribution in [0.5, 0.6) is 0 Å². The van der Waals surface area contributed by atoms with E-state index in [-0.39, 0.29) is 11.2 Å². The molecule has 2 aliphatic rings. The number of fused-ring (bicyclic) bond motifs is 1. The van der Waals surface area contributed by atoms with Crippen molar-refractivity contribution in [2.24, 2.45) is 0 Å². The van der Waals surface area contributed by atoms with Crippen LogP contribution in [0, 0.1) is 12.1 Å². The lowest BCUT2D eigenvalue weighted by Crippen LogP contribution is -2.32. The second kappa shape index (κ2) is 5.77. The van der Waals surface area contributed by atoms with Crippen molar-refractivity contribution in [2.75, 3.05) is 22.9 Å². The molecule has 4 nitrogen and oxygen atoms in total. The molecule has 6 heteroatoms. The summed E-state index contributed by atoms with van der Waals surface area (Å²) in [7, 11) is 0. The summed E-state index contributed by atoms with van der Waals surface area (Å²) < 4.78 is 14.8. The van der Waals surface area contributed by atoms with Gasteiger partial charge in [0.2, 0.25) is 0 Å². The molecule has 2 fully saturated rings. The van der Waals surface area contributed by atoms with Gasteiger partial charge in [-0.15, -0.1) is 11.3 Å². The Kier molecular flexibility index (Phi) is 3.50. The Hall–Kier alpha value is -2.47. The van der Waals surface area contributed by atoms with E-state index in [0.717, 1.165) is 32.8 Å². The van der Waals surface area contributed by atoms with Gasteiger partial charge in [0.1, 0.15) is 0 Å². The number of rotatable bonds is 3. The average Bonchev–Trinajstić information content (AvgIpc) is 3.38. The number of aryl methyl sites for hydroxylation is 1. The lowest BCUT2D eigenvalue weighted by Gasteiger charge is -2.21. The van der Waals surface area contributed by atoms with E-state index in [1.165, 1.54) is 18.4 Å². The fraction of sp³-hybridized carbons (Fsp3) is 0.300. The SMILES string of the molecule is Cc1c(F)sc2ccc(N3CCN(c4cnccc4C4CC4)C3=O)cc12. The first-order valence-electron chi connectivity index (χ1n) is 8.85. The zero-order valence-corrected chi connectivity index (χ0v) is 15.2. The van der Waals surface area contributed by atoms with E-state index in [2.05, 4.69) is 4.98 Å². The summed E-state index contributed by atoms with van der Waals surface area (Å²) in [5.41, 5.74) is 3.63. The minimum Gasteiger partial charge on any atom is -0.292 e. The van der Waals surface area contributed by atoms with E-state index in [1.807, 2.05) is 29.2 Å². The van der Waals surface area contributed by atoms with Crippen molar-refractivity contribution in [2.45, 2.75) is 25.7 Å². The van der Waals surface area contributed by atoms with E-state index >= 15 is 0 Å². The van der Waals surface area contributed by atoms with Gasteiger partial charge in [-0.05, 0) is 55.5 Å². The Balaban J connectivity index is 1.49. The van der Waals surface area contributed by atoms with Crippen molar-refractivity contribution < 1.29 is 9.18 Å². The second-order valence-corrected chi connectivity index (χ2v) is 7.98. The molecule has 0 unspecified atom stereocenters. The van der Waals surface area contributed by atoms with Crippen LogP contribution in [0.15, 0.2) is 36.7 Å². The second-order valence-electron chi connectivity index (χ2n) is 6.98. The molecule has 0 N–H and O–H groups in total. The Bertz CT molecular complexity index is 1030. The van der Waals surface area contributed by atoms with Crippen LogP contribution in [-0.4, -0.2) is 24.1 Å². The maximum atomic E-state index is 13.9. The van der Waals surface area contributed by atoms with Gasteiger partial charge >= 0.3 is 6.03 Å². The lowest BCUT2D eigenvalue weighted by atomic mass is 10.1. The molecular formula is C20H18FN3OS. The van der Waals surface area contributed by atoms with E-state index in [4.69, 9.17) is 0 Å². The number of hydrogen-bond donors (Lipinski definition) is 0. The molecule has 3 heterocycles. The van der Waals surface area contributed by atoms with Crippen LogP contribution in [0.4, 0.5) is 20.6 Å². The zero-order valence-electron chi connectivity index (χ0n) is 14.4. The number of aromatic nitrogens is 1. The summed E-state index contributed by atoms with van der Waals surface area (Å²) in [6.07, 6.45) is 5.97. The third kappa shape index (κ3) is 2.40. The van der Waals surface area contributed by atoms with Gasteiger partial charge in [0, 0.05) is 40.6 Å². The standard InChI is InChI=1S/C20H18FN3OS/c1-12-16-10-14(4-5-18(16)26-19(12)21)23-8-9-24(20(23)25)17-11-22-7-6-15(17)13-2-3-13/h4-7,10-11,13H,2-3,8-9H2,1H3. The number of anilines is 2. The molecule has 1 aromatic carbocycles. The predicted octanol–water partition coefficient (Wildman–Crippen LogP) is 5.07. The molecule has 2 amide bonds. The van der Waals surface area contributed by atoms with Crippen LogP contribution >= 0.6 is 11.3 Å². The van der Waals surface area contributed by atoms with Gasteiger partial charge in [0.15, 0.2) is 5.13 Å². The maximum absolute atomic E-state index is 13.9. The van der Waals surface area contributed by atoms with Crippen molar-refractivity contribution in [1.29, 1.82) is 0 Å². The molecule has 0 bridgehead atoms. The molecule has 3 aromatic rings. The molecular weight excluding hydrogens is 349 g/mol. The highest BCUT2D eigenvalue weighted by molar-refractivity contribution is 7.17. The van der Waals surface area contributed by atoms with Crippen LogP contribution in [0.25, 0.3) is 10.1 Å². The summed E-state index contributed by atoms with van der Waals surface area (Å²) in [5.74, 6) is 0.558. The monoisotopic (exact) mass is 367 g/mol. The minimum absolute atomic E-state index is 0.0346. The first kappa shape index (κ1) is 15.8. The van der Waals surface area contributed by atoms with E-state index < -0.39 is 0 Å². The number of hydrogen-bond acceptors (Lipinski definition) is 3. The van der Waals surface area contributed by atoms with Gasteiger partial charge in [-0.3, -0.25) is 14.8 Å². The minimum atomic E-state index is -0.157. The van der Waals surface area contributed by atoms with Crippen molar-refractivity contribution in [3.8, 4) is 0 Å². The summed E-state index contributed by atoms with van der Waals surface area (Å²) in [6, 6.07) is 7.74. The summed E-state index contributed by atoms with van der Waals surface area (Å²) >= 11 is 1.15. The number of halogens is 1. The molecule has 1 aliphatic heterocycles. The van der Waals surface area contributed by atoms with Crippen molar-refractivity contribution in [1.82, 2.24) is 4.98 Å². The topological polar surface area (TPSA) is 36.4 Å². The van der Waals surface area contributed by atoms with Gasteiger partial charge in [-0.1, -0.05) is 0 Å². The highest BCUT2D eigenvalue weighted by Crippen LogP contribution is 2.44. The number of carbonyl (C=O) groups is 1. The number of carbonyl (C=O) groups excluding carboxylic acids is 1. The Morgan fingerprint density at radius 1 is 1.19 bits per heavy atom. The number of amides is 2. The van der Waals surface area contributed by atoms with Crippen molar-refractivity contribution in [3.05, 3.63) is 52.9 Å². The van der Waals surface area contributed by atoms with Crippen LogP contribution in [0.2, 0.25) is 0 Å². The molecule has 0 spiro atoms. The van der Waals surface area contributed by atoms with Gasteiger partial charge in [-0.2, -0.15) is 4.39 Å². The van der Waals surface area contributed by atoms with Crippen LogP contribution in [0.1, 0.15) is 29.9 Å². The molecule has 132 valence electrons. The first-order chi connectivity index (χ1) is 12.6. The Labute approximate surface area is 154 Å². The predicted molar refractivity (Wildman–Crippen MR) is 103 cm³/mol. The first-order valence-corrected chi connectivity index (χ1v) is 9.67. The Morgan fingerprint density at radius 2 is 2.00 bits per heavy atom. The summed E-state index contributed by atoms with van der Waals surface area (Å²) in [4.78, 5) is 20.9. The van der Waals surface area contributed by atoms with E-state index in [1.54, 1.807) is 24.2 Å². The normalized spacial score (nSPS) is 17.5. The maximum Gasteiger partial charge on any atom is 0.329 e. The van der Waals surface area contributed by atoms with E-state index in [0.29, 0.717) is 24.6 Å². The lowest BCUT2D eigenvalue weighted by molar-refractivity contribution is 0.256. The van der Waals surface area contributed by atoms with Crippen molar-refractivity contribution >= 4 is 38.8 Å². The summed E-state index contributed by atoms with van der Waals surface area (Å²) in [5, 5.41) is 0.729. The van der Waals surface area contributed by atoms with Gasteiger partial charge < -0.3 is 0 Å². The average molecular weight is 367 g/mol. The van der Waals surface area contributed by atoms with Gasteiger partial charge in [0.05, 0.1) is 11.9 Å². The zero-order chi connectivity index (χ0) is 17.8. The molecule has 0 atom stereocenters. The molecule has 1 aliphatic carbocycles. The smallest absolute Gasteiger partial charge is 0.292 e. The molecule has 1 saturated heterocycles. The van der Waals surface area contributed by atoms with Crippen LogP contribution in [0.3, 0.4) is 0 Å². The van der Waals surface area contributed by atoms with E-state index in [9.17, 15) is 9.18 Å². The largest absolute Gasteiger partial charge is 0.329 e. The van der Waals surface area contributed by atoms with Gasteiger partial charge in [-0.25, -0.2) is 4.79 Å². The highest BCUT2D eigenvalue weighted by Gasteiger charge is 2.35. The third-order valence-corrected chi connectivity index (χ3v) is 6.38. The fourth-order valence-electron chi connectivity index (χ4n) is 3.71. The van der Waals surface area contributed by atoms with Crippen molar-refractivity contribution in [3.63, 3.8) is 0 Å². The van der Waals surface area contributed by atoms with Crippen LogP contribution in [-0.2, 0) is 0 Å². The molecule has 2 aromatic heterocycles. The number of urea groups is 1. The summed E-state index contributed by atoms with van der Waals surface area (Å²) in [6.45, 7) is 3.04. The number of pyridine rings is 1. The fourth-order valence-corrected chi connectivity index (χ4v) is 4.62. The highest BCUT2D eigenvalue weighted by atomic mass is 32.1. The Morgan fingerprint density at radius 3 is 2.81 bits per heavy atom. The number of thiophene rings is 1. The quantitative estimate of drug-likeness (QED) is 0.648. The molecule has 5 rings (SSSR count).